The number of ether oxygens (including phenoxy) is 1. The summed E-state index contributed by atoms with van der Waals surface area (Å²) in [6, 6.07) is 50.3. The molecular formula is C39H29BN2O. The summed E-state index contributed by atoms with van der Waals surface area (Å²) in [5.74, 6) is 1.82. The average molecular weight is 552 g/mol. The highest BCUT2D eigenvalue weighted by atomic mass is 16.5. The molecule has 1 aromatic heterocycles. The van der Waals surface area contributed by atoms with Gasteiger partial charge in [0.15, 0.2) is 0 Å². The summed E-state index contributed by atoms with van der Waals surface area (Å²) >= 11 is 0. The third-order valence-corrected chi connectivity index (χ3v) is 9.48. The molecule has 204 valence electrons. The first-order valence-corrected chi connectivity index (χ1v) is 15.0. The van der Waals surface area contributed by atoms with E-state index in [4.69, 9.17) is 4.74 Å². The Hall–Kier alpha value is -5.22. The number of fused-ring (bicyclic) bond motifs is 8. The third kappa shape index (κ3) is 3.32. The molecule has 43 heavy (non-hydrogen) atoms. The first-order valence-electron chi connectivity index (χ1n) is 15.0. The van der Waals surface area contributed by atoms with E-state index in [2.05, 4.69) is 163 Å². The number of aromatic nitrogens is 1. The molecule has 0 N–H and O–H groups in total. The molecular weight excluding hydrogens is 523 g/mol. The van der Waals surface area contributed by atoms with Gasteiger partial charge in [-0.25, -0.2) is 0 Å². The SMILES string of the molecule is CC1(C)c2ccccc2N(B2c3ccccc3Oc3ccccc32)c2c1ccc1c2c2ccccc2n1-c1ccccc1. The van der Waals surface area contributed by atoms with Crippen molar-refractivity contribution in [3.63, 3.8) is 0 Å². The molecule has 0 unspecified atom stereocenters. The molecule has 9 rings (SSSR count). The predicted octanol–water partition coefficient (Wildman–Crippen LogP) is 8.47. The summed E-state index contributed by atoms with van der Waals surface area (Å²) in [6.07, 6.45) is 0. The summed E-state index contributed by atoms with van der Waals surface area (Å²) in [4.78, 5) is 2.61. The Bertz CT molecular complexity index is 2170. The van der Waals surface area contributed by atoms with Crippen LogP contribution in [-0.4, -0.2) is 11.4 Å². The van der Waals surface area contributed by atoms with E-state index in [0.717, 1.165) is 17.2 Å². The number of benzene rings is 6. The van der Waals surface area contributed by atoms with Crippen LogP contribution in [-0.2, 0) is 5.41 Å². The van der Waals surface area contributed by atoms with Gasteiger partial charge in [-0.05, 0) is 64.5 Å². The van der Waals surface area contributed by atoms with E-state index >= 15 is 0 Å². The smallest absolute Gasteiger partial charge is 0.335 e. The van der Waals surface area contributed by atoms with Gasteiger partial charge in [0, 0.05) is 33.2 Å². The Balaban J connectivity index is 1.46. The molecule has 0 saturated heterocycles. The van der Waals surface area contributed by atoms with Crippen molar-refractivity contribution in [1.29, 1.82) is 0 Å². The van der Waals surface area contributed by atoms with Gasteiger partial charge >= 0.3 is 6.85 Å². The Morgan fingerprint density at radius 1 is 0.558 bits per heavy atom. The molecule has 7 aromatic rings. The molecule has 0 radical (unpaired) electrons. The van der Waals surface area contributed by atoms with Crippen molar-refractivity contribution in [2.24, 2.45) is 0 Å². The highest BCUT2D eigenvalue weighted by Gasteiger charge is 2.45. The molecule has 6 aromatic carbocycles. The normalized spacial score (nSPS) is 14.6. The molecule has 4 heteroatoms. The van der Waals surface area contributed by atoms with Gasteiger partial charge in [0.05, 0.1) is 11.0 Å². The molecule has 3 heterocycles. The van der Waals surface area contributed by atoms with E-state index < -0.39 is 0 Å². The second-order valence-corrected chi connectivity index (χ2v) is 12.1. The summed E-state index contributed by atoms with van der Waals surface area (Å²) < 4.78 is 8.92. The Labute approximate surface area is 251 Å². The van der Waals surface area contributed by atoms with Crippen LogP contribution >= 0.6 is 0 Å². The zero-order valence-corrected chi connectivity index (χ0v) is 24.2. The lowest BCUT2D eigenvalue weighted by atomic mass is 9.46. The molecule has 0 bridgehead atoms. The first-order chi connectivity index (χ1) is 21.1. The molecule has 2 aliphatic heterocycles. The third-order valence-electron chi connectivity index (χ3n) is 9.48. The van der Waals surface area contributed by atoms with E-state index in [9.17, 15) is 0 Å². The molecule has 0 fully saturated rings. The summed E-state index contributed by atoms with van der Waals surface area (Å²) in [6.45, 7) is 4.67. The van der Waals surface area contributed by atoms with Gasteiger partial charge in [-0.3, -0.25) is 0 Å². The maximum atomic E-state index is 6.50. The van der Waals surface area contributed by atoms with Crippen molar-refractivity contribution in [1.82, 2.24) is 4.57 Å². The summed E-state index contributed by atoms with van der Waals surface area (Å²) in [7, 11) is 0. The van der Waals surface area contributed by atoms with E-state index in [1.54, 1.807) is 0 Å². The molecule has 0 amide bonds. The standard InChI is InChI=1S/C39H29BN2O/c1-39(2)28-17-7-11-21-33(28)42(40-30-18-8-12-22-35(30)43-36-23-13-9-19-31(36)40)38-29(39)24-25-34-37(38)27-16-6-10-20-32(27)41(34)26-14-4-3-5-15-26/h3-25H,1-2H3. The van der Waals surface area contributed by atoms with Crippen LogP contribution in [0.3, 0.4) is 0 Å². The summed E-state index contributed by atoms with van der Waals surface area (Å²) in [5, 5.41) is 2.54. The maximum Gasteiger partial charge on any atom is 0.335 e. The molecule has 3 nitrogen and oxygen atoms in total. The van der Waals surface area contributed by atoms with Gasteiger partial charge < -0.3 is 14.1 Å². The van der Waals surface area contributed by atoms with Crippen LogP contribution in [0.25, 0.3) is 27.5 Å². The minimum absolute atomic E-state index is 0.0680. The lowest BCUT2D eigenvalue weighted by Crippen LogP contribution is -2.58. The van der Waals surface area contributed by atoms with E-state index in [1.165, 1.54) is 55.2 Å². The Morgan fingerprint density at radius 2 is 1.19 bits per heavy atom. The van der Waals surface area contributed by atoms with Crippen molar-refractivity contribution >= 4 is 51.0 Å². The van der Waals surface area contributed by atoms with Crippen molar-refractivity contribution in [3.8, 4) is 17.2 Å². The van der Waals surface area contributed by atoms with Crippen LogP contribution < -0.4 is 20.5 Å². The second-order valence-electron chi connectivity index (χ2n) is 12.1. The molecule has 0 spiro atoms. The van der Waals surface area contributed by atoms with Crippen LogP contribution in [0.5, 0.6) is 11.5 Å². The van der Waals surface area contributed by atoms with Gasteiger partial charge in [0.2, 0.25) is 0 Å². The summed E-state index contributed by atoms with van der Waals surface area (Å²) in [5.41, 5.74) is 10.9. The van der Waals surface area contributed by atoms with Crippen LogP contribution in [0.15, 0.2) is 140 Å². The van der Waals surface area contributed by atoms with Gasteiger partial charge in [-0.1, -0.05) is 111 Å². The van der Waals surface area contributed by atoms with E-state index in [1.807, 2.05) is 0 Å². The number of anilines is 2. The van der Waals surface area contributed by atoms with Crippen molar-refractivity contribution in [2.75, 3.05) is 4.81 Å². The largest absolute Gasteiger partial charge is 0.458 e. The Morgan fingerprint density at radius 3 is 1.95 bits per heavy atom. The van der Waals surface area contributed by atoms with Crippen molar-refractivity contribution < 1.29 is 4.74 Å². The van der Waals surface area contributed by atoms with E-state index in [-0.39, 0.29) is 12.3 Å². The lowest BCUT2D eigenvalue weighted by Gasteiger charge is -2.46. The lowest BCUT2D eigenvalue weighted by molar-refractivity contribution is 0.487. The first kappa shape index (κ1) is 24.4. The highest BCUT2D eigenvalue weighted by Crippen LogP contribution is 2.54. The Kier molecular flexibility index (Phi) is 5.04. The van der Waals surface area contributed by atoms with Gasteiger partial charge in [-0.2, -0.15) is 0 Å². The topological polar surface area (TPSA) is 17.4 Å². The fourth-order valence-corrected chi connectivity index (χ4v) is 7.56. The monoisotopic (exact) mass is 552 g/mol. The molecule has 0 atom stereocenters. The minimum Gasteiger partial charge on any atom is -0.458 e. The van der Waals surface area contributed by atoms with Crippen molar-refractivity contribution in [2.45, 2.75) is 19.3 Å². The number of nitrogens with zero attached hydrogens (tertiary/aromatic N) is 2. The predicted molar refractivity (Wildman–Crippen MR) is 179 cm³/mol. The average Bonchev–Trinajstić information content (AvgIpc) is 3.39. The van der Waals surface area contributed by atoms with Gasteiger partial charge in [-0.15, -0.1) is 0 Å². The quantitative estimate of drug-likeness (QED) is 0.200. The zero-order chi connectivity index (χ0) is 28.7. The fourth-order valence-electron chi connectivity index (χ4n) is 7.56. The van der Waals surface area contributed by atoms with Crippen LogP contribution in [0, 0.1) is 0 Å². The number of hydrogen-bond donors (Lipinski definition) is 0. The van der Waals surface area contributed by atoms with Gasteiger partial charge in [0.25, 0.3) is 0 Å². The minimum atomic E-state index is -0.198. The molecule has 0 aliphatic carbocycles. The maximum absolute atomic E-state index is 6.50. The number of rotatable bonds is 2. The van der Waals surface area contributed by atoms with E-state index in [0.29, 0.717) is 0 Å². The molecule has 0 saturated carbocycles. The highest BCUT2D eigenvalue weighted by molar-refractivity contribution is 6.91. The fraction of sp³-hybridized carbons (Fsp3) is 0.0769. The van der Waals surface area contributed by atoms with Crippen molar-refractivity contribution in [3.05, 3.63) is 151 Å². The van der Waals surface area contributed by atoms with Crippen LogP contribution in [0.2, 0.25) is 0 Å². The van der Waals surface area contributed by atoms with Gasteiger partial charge in [0.1, 0.15) is 11.5 Å². The van der Waals surface area contributed by atoms with Crippen LogP contribution in [0.1, 0.15) is 25.0 Å². The number of para-hydroxylation sites is 5. The number of hydrogen-bond acceptors (Lipinski definition) is 2. The molecule has 2 aliphatic rings. The van der Waals surface area contributed by atoms with Crippen LogP contribution in [0.4, 0.5) is 11.4 Å². The zero-order valence-electron chi connectivity index (χ0n) is 24.2. The second kappa shape index (κ2) is 8.89.